The summed E-state index contributed by atoms with van der Waals surface area (Å²) >= 11 is 0. The largest absolute Gasteiger partial charge is 0.355 e. The molecule has 1 aliphatic heterocycles. The number of fused-ring (bicyclic) bond motifs is 1. The summed E-state index contributed by atoms with van der Waals surface area (Å²) in [6.45, 7) is 6.48. The normalized spacial score (nSPS) is 17.9. The summed E-state index contributed by atoms with van der Waals surface area (Å²) in [6, 6.07) is 6.33. The Morgan fingerprint density at radius 3 is 2.65 bits per heavy atom. The van der Waals surface area contributed by atoms with Crippen molar-refractivity contribution in [3.05, 3.63) is 30.1 Å². The number of pyridine rings is 1. The molecular weight excluding hydrogens is 212 g/mol. The van der Waals surface area contributed by atoms with Crippen molar-refractivity contribution < 1.29 is 0 Å². The van der Waals surface area contributed by atoms with E-state index in [9.17, 15) is 0 Å². The van der Waals surface area contributed by atoms with Gasteiger partial charge in [-0.3, -0.25) is 4.40 Å². The third-order valence-corrected chi connectivity index (χ3v) is 3.42. The summed E-state index contributed by atoms with van der Waals surface area (Å²) in [5, 5.41) is 0. The summed E-state index contributed by atoms with van der Waals surface area (Å²) in [5.74, 6) is 1.26. The number of hydrogen-bond donors (Lipinski definition) is 0. The Morgan fingerprint density at radius 1 is 1.12 bits per heavy atom. The lowest BCUT2D eigenvalue weighted by Gasteiger charge is -2.34. The minimum atomic E-state index is 1.04. The van der Waals surface area contributed by atoms with E-state index < -0.39 is 0 Å². The van der Waals surface area contributed by atoms with Crippen molar-refractivity contribution in [1.29, 1.82) is 0 Å². The zero-order valence-electron chi connectivity index (χ0n) is 10.4. The van der Waals surface area contributed by atoms with Crippen LogP contribution in [0.4, 0.5) is 5.82 Å². The molecule has 4 heteroatoms. The van der Waals surface area contributed by atoms with Crippen LogP contribution < -0.4 is 4.90 Å². The average Bonchev–Trinajstić information content (AvgIpc) is 2.70. The van der Waals surface area contributed by atoms with E-state index in [4.69, 9.17) is 0 Å². The molecule has 0 aliphatic carbocycles. The molecule has 0 atom stereocenters. The van der Waals surface area contributed by atoms with Crippen molar-refractivity contribution in [2.45, 2.75) is 6.92 Å². The Kier molecular flexibility index (Phi) is 2.52. The summed E-state index contributed by atoms with van der Waals surface area (Å²) in [6.07, 6.45) is 2.11. The van der Waals surface area contributed by atoms with Crippen molar-refractivity contribution >= 4 is 11.5 Å². The second kappa shape index (κ2) is 4.04. The SMILES string of the molecule is Cc1cn2c(N3CCN(C)CC3)cccc2n1. The third-order valence-electron chi connectivity index (χ3n) is 3.42. The first-order valence-electron chi connectivity index (χ1n) is 6.12. The summed E-state index contributed by atoms with van der Waals surface area (Å²) < 4.78 is 2.20. The summed E-state index contributed by atoms with van der Waals surface area (Å²) in [4.78, 5) is 9.32. The summed E-state index contributed by atoms with van der Waals surface area (Å²) in [7, 11) is 2.18. The number of anilines is 1. The van der Waals surface area contributed by atoms with Gasteiger partial charge in [0.05, 0.1) is 5.69 Å². The van der Waals surface area contributed by atoms with Crippen molar-refractivity contribution in [3.8, 4) is 0 Å². The minimum absolute atomic E-state index is 1.04. The molecule has 0 spiro atoms. The van der Waals surface area contributed by atoms with Gasteiger partial charge in [-0.2, -0.15) is 0 Å². The molecule has 1 fully saturated rings. The van der Waals surface area contributed by atoms with Crippen LogP contribution in [-0.2, 0) is 0 Å². The van der Waals surface area contributed by atoms with E-state index >= 15 is 0 Å². The van der Waals surface area contributed by atoms with Crippen LogP contribution in [0.2, 0.25) is 0 Å². The first-order chi connectivity index (χ1) is 8.24. The maximum absolute atomic E-state index is 4.51. The molecule has 0 N–H and O–H groups in total. The number of hydrogen-bond acceptors (Lipinski definition) is 3. The van der Waals surface area contributed by atoms with Crippen LogP contribution in [0.1, 0.15) is 5.69 Å². The van der Waals surface area contributed by atoms with Gasteiger partial charge in [-0.05, 0) is 26.1 Å². The third kappa shape index (κ3) is 1.89. The van der Waals surface area contributed by atoms with Gasteiger partial charge in [0.25, 0.3) is 0 Å². The lowest BCUT2D eigenvalue weighted by atomic mass is 10.3. The Labute approximate surface area is 101 Å². The second-order valence-corrected chi connectivity index (χ2v) is 4.78. The molecule has 90 valence electrons. The van der Waals surface area contributed by atoms with Crippen LogP contribution in [0, 0.1) is 6.92 Å². The fourth-order valence-corrected chi connectivity index (χ4v) is 2.41. The molecule has 3 heterocycles. The van der Waals surface area contributed by atoms with Crippen LogP contribution in [0.5, 0.6) is 0 Å². The standard InChI is InChI=1S/C13H18N4/c1-11-10-17-12(14-11)4-3-5-13(17)16-8-6-15(2)7-9-16/h3-5,10H,6-9H2,1-2H3. The van der Waals surface area contributed by atoms with Gasteiger partial charge < -0.3 is 9.80 Å². The van der Waals surface area contributed by atoms with Crippen molar-refractivity contribution in [2.75, 3.05) is 38.1 Å². The summed E-state index contributed by atoms with van der Waals surface area (Å²) in [5.41, 5.74) is 2.12. The average molecular weight is 230 g/mol. The molecule has 3 rings (SSSR count). The smallest absolute Gasteiger partial charge is 0.138 e. The van der Waals surface area contributed by atoms with E-state index in [2.05, 4.69) is 50.6 Å². The Hall–Kier alpha value is -1.55. The maximum atomic E-state index is 4.51. The zero-order chi connectivity index (χ0) is 11.8. The molecule has 0 unspecified atom stereocenters. The van der Waals surface area contributed by atoms with E-state index in [1.807, 2.05) is 6.92 Å². The van der Waals surface area contributed by atoms with Gasteiger partial charge in [-0.1, -0.05) is 6.07 Å². The van der Waals surface area contributed by atoms with Crippen LogP contribution in [0.15, 0.2) is 24.4 Å². The van der Waals surface area contributed by atoms with Crippen molar-refractivity contribution in [3.63, 3.8) is 0 Å². The molecule has 2 aromatic rings. The molecule has 4 nitrogen and oxygen atoms in total. The molecule has 0 radical (unpaired) electrons. The van der Waals surface area contributed by atoms with Gasteiger partial charge in [0.15, 0.2) is 0 Å². The highest BCUT2D eigenvalue weighted by Gasteiger charge is 2.16. The van der Waals surface area contributed by atoms with E-state index in [0.29, 0.717) is 0 Å². The Balaban J connectivity index is 1.99. The molecule has 17 heavy (non-hydrogen) atoms. The van der Waals surface area contributed by atoms with Gasteiger partial charge in [0, 0.05) is 32.4 Å². The van der Waals surface area contributed by atoms with E-state index in [0.717, 1.165) is 37.5 Å². The lowest BCUT2D eigenvalue weighted by Crippen LogP contribution is -2.45. The number of rotatable bonds is 1. The van der Waals surface area contributed by atoms with Gasteiger partial charge >= 0.3 is 0 Å². The van der Waals surface area contributed by atoms with Gasteiger partial charge in [-0.25, -0.2) is 4.98 Å². The molecule has 0 aromatic carbocycles. The van der Waals surface area contributed by atoms with E-state index in [1.165, 1.54) is 5.82 Å². The first kappa shape index (κ1) is 10.6. The zero-order valence-corrected chi connectivity index (χ0v) is 10.4. The van der Waals surface area contributed by atoms with Gasteiger partial charge in [-0.15, -0.1) is 0 Å². The molecule has 0 amide bonds. The van der Waals surface area contributed by atoms with Crippen LogP contribution in [0.25, 0.3) is 5.65 Å². The van der Waals surface area contributed by atoms with Crippen molar-refractivity contribution in [2.24, 2.45) is 0 Å². The number of imidazole rings is 1. The maximum Gasteiger partial charge on any atom is 0.138 e. The minimum Gasteiger partial charge on any atom is -0.355 e. The monoisotopic (exact) mass is 230 g/mol. The topological polar surface area (TPSA) is 23.8 Å². The molecule has 0 saturated carbocycles. The van der Waals surface area contributed by atoms with Gasteiger partial charge in [0.1, 0.15) is 11.5 Å². The fourth-order valence-electron chi connectivity index (χ4n) is 2.41. The predicted octanol–water partition coefficient (Wildman–Crippen LogP) is 1.39. The van der Waals surface area contributed by atoms with E-state index in [1.54, 1.807) is 0 Å². The second-order valence-electron chi connectivity index (χ2n) is 4.78. The predicted molar refractivity (Wildman–Crippen MR) is 69.6 cm³/mol. The van der Waals surface area contributed by atoms with Crippen molar-refractivity contribution in [1.82, 2.24) is 14.3 Å². The number of piperazine rings is 1. The van der Waals surface area contributed by atoms with Crippen LogP contribution >= 0.6 is 0 Å². The number of aryl methyl sites for hydroxylation is 1. The lowest BCUT2D eigenvalue weighted by molar-refractivity contribution is 0.312. The highest BCUT2D eigenvalue weighted by molar-refractivity contribution is 5.52. The fraction of sp³-hybridized carbons (Fsp3) is 0.462. The first-order valence-corrected chi connectivity index (χ1v) is 6.12. The van der Waals surface area contributed by atoms with E-state index in [-0.39, 0.29) is 0 Å². The number of nitrogens with zero attached hydrogens (tertiary/aromatic N) is 4. The van der Waals surface area contributed by atoms with Gasteiger partial charge in [0.2, 0.25) is 0 Å². The highest BCUT2D eigenvalue weighted by atomic mass is 15.3. The number of likely N-dealkylation sites (N-methyl/N-ethyl adjacent to an activating group) is 1. The van der Waals surface area contributed by atoms with Crippen LogP contribution in [0.3, 0.4) is 0 Å². The Morgan fingerprint density at radius 2 is 1.88 bits per heavy atom. The van der Waals surface area contributed by atoms with Crippen LogP contribution in [-0.4, -0.2) is 47.5 Å². The molecule has 2 aromatic heterocycles. The highest BCUT2D eigenvalue weighted by Crippen LogP contribution is 2.18. The molecule has 1 saturated heterocycles. The Bertz CT molecular complexity index is 523. The molecule has 1 aliphatic rings. The molecular formula is C13H18N4. The molecule has 0 bridgehead atoms. The quantitative estimate of drug-likeness (QED) is 0.740. The number of aromatic nitrogens is 2.